The molecule has 0 aromatic heterocycles. The molecule has 0 bridgehead atoms. The molecular weight excluding hydrogens is 328 g/mol. The van der Waals surface area contributed by atoms with Crippen LogP contribution in [0.4, 0.5) is 0 Å². The number of carbonyl (C=O) groups is 1. The summed E-state index contributed by atoms with van der Waals surface area (Å²) in [4.78, 5) is 11.3. The summed E-state index contributed by atoms with van der Waals surface area (Å²) in [5.41, 5.74) is 2.19. The normalized spacial score (nSPS) is 10.4. The average molecular weight is 375 g/mol. The minimum Gasteiger partial charge on any atom is -0.295 e. The highest BCUT2D eigenvalue weighted by atomic mass is 16.1. The molecule has 0 radical (unpaired) electrons. The van der Waals surface area contributed by atoms with Crippen molar-refractivity contribution < 1.29 is 4.79 Å². The molecule has 0 heterocycles. The van der Waals surface area contributed by atoms with Crippen molar-refractivity contribution in [2.24, 2.45) is 0 Å². The molecule has 1 nitrogen and oxygen atoms in total. The zero-order chi connectivity index (χ0) is 20.2. The third-order valence-electron chi connectivity index (χ3n) is 5.18. The second kappa shape index (κ2) is 19.6. The molecule has 0 atom stereocenters. The van der Waals surface area contributed by atoms with Gasteiger partial charge in [-0.1, -0.05) is 129 Å². The zero-order valence-corrected chi connectivity index (χ0v) is 18.8. The van der Waals surface area contributed by atoms with Crippen LogP contribution in [0.15, 0.2) is 24.3 Å². The minimum atomic E-state index is 0.156. The van der Waals surface area contributed by atoms with Crippen LogP contribution >= 0.6 is 0 Å². The van der Waals surface area contributed by atoms with Crippen molar-refractivity contribution in [3.63, 3.8) is 0 Å². The molecule has 27 heavy (non-hydrogen) atoms. The van der Waals surface area contributed by atoms with Crippen LogP contribution in [0, 0.1) is 0 Å². The summed E-state index contributed by atoms with van der Waals surface area (Å²) in [7, 11) is 0. The van der Waals surface area contributed by atoms with Crippen LogP contribution in [0.3, 0.4) is 0 Å². The van der Waals surface area contributed by atoms with Crippen molar-refractivity contribution in [1.29, 1.82) is 0 Å². The topological polar surface area (TPSA) is 17.1 Å². The largest absolute Gasteiger partial charge is 0.295 e. The number of unbranched alkanes of at least 4 members (excludes halogenated alkanes) is 13. The number of hydrogen-bond acceptors (Lipinski definition) is 1. The van der Waals surface area contributed by atoms with E-state index in [4.69, 9.17) is 0 Å². The SMILES string of the molecule is CC.CCCCCCCCCCCCCCCCc1ccc(C(C)=O)cc1. The maximum absolute atomic E-state index is 11.3. The van der Waals surface area contributed by atoms with E-state index in [9.17, 15) is 4.79 Å². The lowest BCUT2D eigenvalue weighted by Gasteiger charge is -2.04. The molecule has 1 aromatic rings. The van der Waals surface area contributed by atoms with Gasteiger partial charge in [-0.3, -0.25) is 4.79 Å². The third-order valence-corrected chi connectivity index (χ3v) is 5.18. The van der Waals surface area contributed by atoms with Crippen LogP contribution in [0.1, 0.15) is 134 Å². The molecule has 1 heteroatoms. The summed E-state index contributed by atoms with van der Waals surface area (Å²) in [6, 6.07) is 8.14. The van der Waals surface area contributed by atoms with Crippen LogP contribution in [0.5, 0.6) is 0 Å². The van der Waals surface area contributed by atoms with Crippen molar-refractivity contribution in [2.75, 3.05) is 0 Å². The first-order valence-electron chi connectivity index (χ1n) is 11.8. The number of rotatable bonds is 16. The van der Waals surface area contributed by atoms with E-state index in [-0.39, 0.29) is 5.78 Å². The molecule has 0 aliphatic rings. The Labute approximate surface area is 170 Å². The van der Waals surface area contributed by atoms with E-state index in [1.165, 1.54) is 95.5 Å². The number of carbonyl (C=O) groups excluding carboxylic acids is 1. The van der Waals surface area contributed by atoms with Gasteiger partial charge in [0.05, 0.1) is 0 Å². The van der Waals surface area contributed by atoms with Gasteiger partial charge >= 0.3 is 0 Å². The molecule has 0 saturated carbocycles. The summed E-state index contributed by atoms with van der Waals surface area (Å²) in [6.45, 7) is 7.91. The lowest BCUT2D eigenvalue weighted by Crippen LogP contribution is -1.92. The molecule has 0 saturated heterocycles. The van der Waals surface area contributed by atoms with Gasteiger partial charge in [-0.2, -0.15) is 0 Å². The van der Waals surface area contributed by atoms with Crippen LogP contribution in [0.2, 0.25) is 0 Å². The molecule has 1 aromatic carbocycles. The Hall–Kier alpha value is -1.11. The van der Waals surface area contributed by atoms with Crippen molar-refractivity contribution in [3.8, 4) is 0 Å². The number of aryl methyl sites for hydroxylation is 1. The van der Waals surface area contributed by atoms with Crippen molar-refractivity contribution >= 4 is 5.78 Å². The van der Waals surface area contributed by atoms with Gasteiger partial charge in [0, 0.05) is 5.56 Å². The highest BCUT2D eigenvalue weighted by Gasteiger charge is 1.99. The lowest BCUT2D eigenvalue weighted by molar-refractivity contribution is 0.101. The number of Topliss-reactive ketones (excluding diaryl/α,β-unsaturated/α-hetero) is 1. The molecule has 0 aliphatic heterocycles. The fraction of sp³-hybridized carbons (Fsp3) is 0.731. The molecule has 0 unspecified atom stereocenters. The summed E-state index contributed by atoms with van der Waals surface area (Å²) >= 11 is 0. The van der Waals surface area contributed by atoms with E-state index < -0.39 is 0 Å². The lowest BCUT2D eigenvalue weighted by atomic mass is 10.0. The summed E-state index contributed by atoms with van der Waals surface area (Å²) in [6.07, 6.45) is 20.9. The van der Waals surface area contributed by atoms with E-state index >= 15 is 0 Å². The van der Waals surface area contributed by atoms with Gasteiger partial charge in [0.25, 0.3) is 0 Å². The fourth-order valence-electron chi connectivity index (χ4n) is 3.43. The second-order valence-electron chi connectivity index (χ2n) is 7.60. The molecule has 0 fully saturated rings. The van der Waals surface area contributed by atoms with Gasteiger partial charge < -0.3 is 0 Å². The summed E-state index contributed by atoms with van der Waals surface area (Å²) < 4.78 is 0. The Balaban J connectivity index is 0.00000326. The van der Waals surface area contributed by atoms with Gasteiger partial charge in [0.1, 0.15) is 0 Å². The minimum absolute atomic E-state index is 0.156. The van der Waals surface area contributed by atoms with Crippen LogP contribution in [0.25, 0.3) is 0 Å². The smallest absolute Gasteiger partial charge is 0.159 e. The molecule has 0 aliphatic carbocycles. The highest BCUT2D eigenvalue weighted by molar-refractivity contribution is 5.93. The van der Waals surface area contributed by atoms with Gasteiger partial charge in [-0.15, -0.1) is 0 Å². The summed E-state index contributed by atoms with van der Waals surface area (Å²) in [5.74, 6) is 0.156. The predicted octanol–water partition coefficient (Wildman–Crippen LogP) is 8.94. The Morgan fingerprint density at radius 3 is 1.37 bits per heavy atom. The Morgan fingerprint density at radius 1 is 0.630 bits per heavy atom. The standard InChI is InChI=1S/C24H40O.C2H6/c1-3-4-5-6-7-8-9-10-11-12-13-14-15-16-17-23-18-20-24(21-19-23)22(2)25;1-2/h18-21H,3-17H2,1-2H3;1-2H3. The first-order chi connectivity index (χ1) is 13.2. The molecule has 156 valence electrons. The number of benzene rings is 1. The molecule has 0 spiro atoms. The van der Waals surface area contributed by atoms with E-state index in [2.05, 4.69) is 19.1 Å². The second-order valence-corrected chi connectivity index (χ2v) is 7.60. The molecule has 0 N–H and O–H groups in total. The van der Waals surface area contributed by atoms with Gasteiger partial charge in [0.15, 0.2) is 5.78 Å². The predicted molar refractivity (Wildman–Crippen MR) is 122 cm³/mol. The summed E-state index contributed by atoms with van der Waals surface area (Å²) in [5, 5.41) is 0. The molecule has 0 amide bonds. The Kier molecular flexibility index (Phi) is 18.8. The van der Waals surface area contributed by atoms with Crippen LogP contribution in [-0.2, 0) is 6.42 Å². The Bertz CT molecular complexity index is 432. The third kappa shape index (κ3) is 15.6. The van der Waals surface area contributed by atoms with Gasteiger partial charge in [-0.05, 0) is 25.3 Å². The van der Waals surface area contributed by atoms with E-state index in [1.54, 1.807) is 6.92 Å². The Morgan fingerprint density at radius 2 is 1.00 bits per heavy atom. The van der Waals surface area contributed by atoms with Crippen LogP contribution < -0.4 is 0 Å². The van der Waals surface area contributed by atoms with Crippen molar-refractivity contribution in [1.82, 2.24) is 0 Å². The first kappa shape index (κ1) is 25.9. The average Bonchev–Trinajstić information content (AvgIpc) is 2.70. The zero-order valence-electron chi connectivity index (χ0n) is 18.8. The monoisotopic (exact) mass is 374 g/mol. The fourth-order valence-corrected chi connectivity index (χ4v) is 3.43. The number of hydrogen-bond donors (Lipinski definition) is 0. The van der Waals surface area contributed by atoms with E-state index in [0.717, 1.165) is 12.0 Å². The quantitative estimate of drug-likeness (QED) is 0.208. The number of ketones is 1. The maximum Gasteiger partial charge on any atom is 0.159 e. The molecule has 1 rings (SSSR count). The van der Waals surface area contributed by atoms with Gasteiger partial charge in [-0.25, -0.2) is 0 Å². The maximum atomic E-state index is 11.3. The first-order valence-corrected chi connectivity index (χ1v) is 11.8. The van der Waals surface area contributed by atoms with Crippen LogP contribution in [-0.4, -0.2) is 5.78 Å². The van der Waals surface area contributed by atoms with Crippen molar-refractivity contribution in [2.45, 2.75) is 124 Å². The van der Waals surface area contributed by atoms with E-state index in [1.807, 2.05) is 26.0 Å². The van der Waals surface area contributed by atoms with Gasteiger partial charge in [0.2, 0.25) is 0 Å². The van der Waals surface area contributed by atoms with Crippen molar-refractivity contribution in [3.05, 3.63) is 35.4 Å². The van der Waals surface area contributed by atoms with E-state index in [0.29, 0.717) is 0 Å². The molecular formula is C26H46O. The highest BCUT2D eigenvalue weighted by Crippen LogP contribution is 2.14.